The van der Waals surface area contributed by atoms with E-state index in [1.54, 1.807) is 12.0 Å². The summed E-state index contributed by atoms with van der Waals surface area (Å²) >= 11 is 0. The zero-order valence-electron chi connectivity index (χ0n) is 10.3. The van der Waals surface area contributed by atoms with Crippen LogP contribution in [-0.4, -0.2) is 56.7 Å². The number of nitrogens with zero attached hydrogens (tertiary/aromatic N) is 1. The van der Waals surface area contributed by atoms with Crippen LogP contribution in [0.25, 0.3) is 0 Å². The third-order valence-electron chi connectivity index (χ3n) is 2.67. The van der Waals surface area contributed by atoms with E-state index in [0.29, 0.717) is 13.2 Å². The van der Waals surface area contributed by atoms with Crippen LogP contribution in [0, 0.1) is 0 Å². The lowest BCUT2D eigenvalue weighted by atomic mass is 10.1. The number of carbonyl (C=O) groups excluding carboxylic acids is 2. The first-order valence-corrected chi connectivity index (χ1v) is 6.02. The standard InChI is InChI=1S/C11H21N3O3/c1-17-8-5-12-10(15)9-13-11(16)14-6-3-2-4-7-14/h2-9H2,1H3,(H,12,15)(H,13,16). The summed E-state index contributed by atoms with van der Waals surface area (Å²) in [7, 11) is 1.57. The summed E-state index contributed by atoms with van der Waals surface area (Å²) < 4.78 is 4.80. The number of piperidine rings is 1. The maximum absolute atomic E-state index is 11.6. The fraction of sp³-hybridized carbons (Fsp3) is 0.818. The minimum atomic E-state index is -0.188. The van der Waals surface area contributed by atoms with Gasteiger partial charge in [-0.05, 0) is 19.3 Å². The molecule has 0 unspecified atom stereocenters. The number of rotatable bonds is 5. The normalized spacial score (nSPS) is 15.5. The minimum absolute atomic E-state index is 0.0268. The number of hydrogen-bond donors (Lipinski definition) is 2. The summed E-state index contributed by atoms with van der Waals surface area (Å²) in [4.78, 5) is 24.7. The highest BCUT2D eigenvalue weighted by Crippen LogP contribution is 2.07. The SMILES string of the molecule is COCCNC(=O)CNC(=O)N1CCCCC1. The molecule has 0 aromatic carbocycles. The Balaban J connectivity index is 2.11. The van der Waals surface area contributed by atoms with Gasteiger partial charge in [-0.3, -0.25) is 4.79 Å². The number of nitrogens with one attached hydrogen (secondary N) is 2. The number of hydrogen-bond acceptors (Lipinski definition) is 3. The van der Waals surface area contributed by atoms with Crippen molar-refractivity contribution in [1.29, 1.82) is 0 Å². The lowest BCUT2D eigenvalue weighted by Crippen LogP contribution is -2.46. The zero-order valence-corrected chi connectivity index (χ0v) is 10.3. The average molecular weight is 243 g/mol. The van der Waals surface area contributed by atoms with Crippen LogP contribution in [0.1, 0.15) is 19.3 Å². The molecular weight excluding hydrogens is 222 g/mol. The highest BCUT2D eigenvalue weighted by atomic mass is 16.5. The third kappa shape index (κ3) is 5.53. The average Bonchev–Trinajstić information content (AvgIpc) is 2.37. The van der Waals surface area contributed by atoms with Crippen LogP contribution in [0.5, 0.6) is 0 Å². The van der Waals surface area contributed by atoms with E-state index in [4.69, 9.17) is 4.74 Å². The lowest BCUT2D eigenvalue weighted by Gasteiger charge is -2.26. The Kier molecular flexibility index (Phi) is 6.39. The van der Waals surface area contributed by atoms with E-state index in [1.165, 1.54) is 6.42 Å². The molecule has 0 aromatic heterocycles. The summed E-state index contributed by atoms with van der Waals surface area (Å²) in [6, 6.07) is -0.147. The van der Waals surface area contributed by atoms with Crippen molar-refractivity contribution in [3.63, 3.8) is 0 Å². The molecule has 0 bridgehead atoms. The first-order chi connectivity index (χ1) is 8.24. The molecule has 0 spiro atoms. The molecule has 0 radical (unpaired) electrons. The van der Waals surface area contributed by atoms with Crippen LogP contribution in [0.2, 0.25) is 0 Å². The van der Waals surface area contributed by atoms with Crippen LogP contribution in [0.4, 0.5) is 4.79 Å². The van der Waals surface area contributed by atoms with Crippen molar-refractivity contribution in [1.82, 2.24) is 15.5 Å². The van der Waals surface area contributed by atoms with Crippen LogP contribution < -0.4 is 10.6 Å². The topological polar surface area (TPSA) is 70.7 Å². The molecule has 1 fully saturated rings. The molecule has 0 atom stereocenters. The van der Waals surface area contributed by atoms with E-state index in [1.807, 2.05) is 0 Å². The van der Waals surface area contributed by atoms with Crippen molar-refractivity contribution in [3.05, 3.63) is 0 Å². The molecule has 1 rings (SSSR count). The van der Waals surface area contributed by atoms with Crippen molar-refractivity contribution in [2.75, 3.05) is 39.9 Å². The van der Waals surface area contributed by atoms with Gasteiger partial charge in [-0.1, -0.05) is 0 Å². The first-order valence-electron chi connectivity index (χ1n) is 6.02. The van der Waals surface area contributed by atoms with E-state index in [9.17, 15) is 9.59 Å². The van der Waals surface area contributed by atoms with Crippen LogP contribution in [0.15, 0.2) is 0 Å². The number of likely N-dealkylation sites (tertiary alicyclic amines) is 1. The molecule has 1 heterocycles. The Morgan fingerprint density at radius 3 is 2.53 bits per heavy atom. The highest BCUT2D eigenvalue weighted by molar-refractivity contribution is 5.83. The number of ether oxygens (including phenoxy) is 1. The molecule has 1 saturated heterocycles. The third-order valence-corrected chi connectivity index (χ3v) is 2.67. The van der Waals surface area contributed by atoms with Crippen molar-refractivity contribution in [3.8, 4) is 0 Å². The summed E-state index contributed by atoms with van der Waals surface area (Å²) in [5, 5.41) is 5.26. The Morgan fingerprint density at radius 2 is 1.88 bits per heavy atom. The molecule has 1 aliphatic heterocycles. The number of carbonyl (C=O) groups is 2. The molecule has 0 aromatic rings. The predicted octanol–water partition coefficient (Wildman–Crippen LogP) is -0.0555. The molecular formula is C11H21N3O3. The van der Waals surface area contributed by atoms with Gasteiger partial charge in [0.15, 0.2) is 0 Å². The van der Waals surface area contributed by atoms with Crippen LogP contribution in [-0.2, 0) is 9.53 Å². The van der Waals surface area contributed by atoms with Crippen molar-refractivity contribution in [2.24, 2.45) is 0 Å². The monoisotopic (exact) mass is 243 g/mol. The molecule has 1 aliphatic rings. The van der Waals surface area contributed by atoms with Gasteiger partial charge in [-0.2, -0.15) is 0 Å². The second kappa shape index (κ2) is 7.89. The van der Waals surface area contributed by atoms with Gasteiger partial charge in [0.25, 0.3) is 0 Å². The van der Waals surface area contributed by atoms with Gasteiger partial charge in [0.2, 0.25) is 5.91 Å². The number of methoxy groups -OCH3 is 1. The van der Waals surface area contributed by atoms with Crippen molar-refractivity contribution >= 4 is 11.9 Å². The molecule has 6 nitrogen and oxygen atoms in total. The van der Waals surface area contributed by atoms with Crippen LogP contribution in [0.3, 0.4) is 0 Å². The fourth-order valence-corrected chi connectivity index (χ4v) is 1.72. The Hall–Kier alpha value is -1.30. The summed E-state index contributed by atoms with van der Waals surface area (Å²) in [6.07, 6.45) is 3.28. The summed E-state index contributed by atoms with van der Waals surface area (Å²) in [5.74, 6) is -0.188. The molecule has 3 amide bonds. The molecule has 2 N–H and O–H groups in total. The van der Waals surface area contributed by atoms with Gasteiger partial charge in [0, 0.05) is 26.7 Å². The van der Waals surface area contributed by atoms with E-state index < -0.39 is 0 Å². The quantitative estimate of drug-likeness (QED) is 0.665. The number of amides is 3. The molecule has 0 saturated carbocycles. The zero-order chi connectivity index (χ0) is 12.5. The van der Waals surface area contributed by atoms with Crippen LogP contribution >= 0.6 is 0 Å². The first kappa shape index (κ1) is 13.8. The van der Waals surface area contributed by atoms with Crippen molar-refractivity contribution in [2.45, 2.75) is 19.3 Å². The second-order valence-electron chi connectivity index (χ2n) is 4.05. The molecule has 17 heavy (non-hydrogen) atoms. The fourth-order valence-electron chi connectivity index (χ4n) is 1.72. The smallest absolute Gasteiger partial charge is 0.317 e. The van der Waals surface area contributed by atoms with Crippen molar-refractivity contribution < 1.29 is 14.3 Å². The van der Waals surface area contributed by atoms with Gasteiger partial charge in [0.05, 0.1) is 13.2 Å². The van der Waals surface area contributed by atoms with Gasteiger partial charge in [-0.15, -0.1) is 0 Å². The lowest BCUT2D eigenvalue weighted by molar-refractivity contribution is -0.120. The largest absolute Gasteiger partial charge is 0.383 e. The van der Waals surface area contributed by atoms with E-state index in [-0.39, 0.29) is 18.5 Å². The van der Waals surface area contributed by atoms with Gasteiger partial charge >= 0.3 is 6.03 Å². The van der Waals surface area contributed by atoms with Gasteiger partial charge < -0.3 is 20.3 Å². The molecule has 6 heteroatoms. The van der Waals surface area contributed by atoms with E-state index >= 15 is 0 Å². The number of urea groups is 1. The summed E-state index contributed by atoms with van der Waals surface area (Å²) in [5.41, 5.74) is 0. The van der Waals surface area contributed by atoms with Gasteiger partial charge in [-0.25, -0.2) is 4.79 Å². The maximum atomic E-state index is 11.6. The summed E-state index contributed by atoms with van der Waals surface area (Å²) in [6.45, 7) is 2.55. The minimum Gasteiger partial charge on any atom is -0.383 e. The maximum Gasteiger partial charge on any atom is 0.317 e. The van der Waals surface area contributed by atoms with E-state index in [2.05, 4.69) is 10.6 Å². The Morgan fingerprint density at radius 1 is 1.18 bits per heavy atom. The Bertz CT molecular complexity index is 252. The molecule has 0 aliphatic carbocycles. The molecule has 98 valence electrons. The highest BCUT2D eigenvalue weighted by Gasteiger charge is 2.16. The van der Waals surface area contributed by atoms with E-state index in [0.717, 1.165) is 25.9 Å². The Labute approximate surface area is 102 Å². The second-order valence-corrected chi connectivity index (χ2v) is 4.05. The van der Waals surface area contributed by atoms with Gasteiger partial charge in [0.1, 0.15) is 0 Å². The predicted molar refractivity (Wildman–Crippen MR) is 63.7 cm³/mol.